The molecule has 146 valence electrons. The highest BCUT2D eigenvalue weighted by Gasteiger charge is 2.84. The molecule has 5 saturated carbocycles. The van der Waals surface area contributed by atoms with Crippen LogP contribution >= 0.6 is 0 Å². The maximum Gasteiger partial charge on any atom is 0.282 e. The summed E-state index contributed by atoms with van der Waals surface area (Å²) in [6, 6.07) is 0. The highest BCUT2D eigenvalue weighted by atomic mass is 19.3. The molecule has 0 spiro atoms. The molecule has 1 unspecified atom stereocenters. The van der Waals surface area contributed by atoms with Crippen molar-refractivity contribution in [3.63, 3.8) is 0 Å². The number of fused-ring (bicyclic) bond motifs is 7. The fraction of sp³-hybridized carbons (Fsp3) is 0.952. The summed E-state index contributed by atoms with van der Waals surface area (Å²) in [5, 5.41) is 19.7. The van der Waals surface area contributed by atoms with E-state index in [1.165, 1.54) is 0 Å². The van der Waals surface area contributed by atoms with Crippen molar-refractivity contribution in [2.24, 2.45) is 46.8 Å². The smallest absolute Gasteiger partial charge is 0.282 e. The summed E-state index contributed by atoms with van der Waals surface area (Å²) >= 11 is 0. The van der Waals surface area contributed by atoms with Crippen molar-refractivity contribution in [3.05, 3.63) is 0 Å². The zero-order valence-electron chi connectivity index (χ0n) is 15.5. The van der Waals surface area contributed by atoms with Gasteiger partial charge < -0.3 is 10.2 Å². The van der Waals surface area contributed by atoms with Crippen molar-refractivity contribution in [3.8, 4) is 0 Å². The van der Waals surface area contributed by atoms with Gasteiger partial charge in [-0.15, -0.1) is 0 Å². The van der Waals surface area contributed by atoms with E-state index >= 15 is 0 Å². The van der Waals surface area contributed by atoms with Crippen molar-refractivity contribution in [2.45, 2.75) is 69.8 Å². The Labute approximate surface area is 153 Å². The lowest BCUT2D eigenvalue weighted by molar-refractivity contribution is -0.133. The zero-order chi connectivity index (χ0) is 18.5. The van der Waals surface area contributed by atoms with Crippen LogP contribution in [0, 0.1) is 46.8 Å². The summed E-state index contributed by atoms with van der Waals surface area (Å²) in [7, 11) is 0. The number of rotatable bonds is 2. The molecule has 5 heteroatoms. The van der Waals surface area contributed by atoms with Gasteiger partial charge in [-0.3, -0.25) is 4.79 Å². The molecule has 3 nitrogen and oxygen atoms in total. The first kappa shape index (κ1) is 17.5. The fourth-order valence-corrected chi connectivity index (χ4v) is 8.46. The minimum atomic E-state index is -2.88. The second-order valence-electron chi connectivity index (χ2n) is 10.2. The second-order valence-corrected chi connectivity index (χ2v) is 10.2. The van der Waals surface area contributed by atoms with E-state index in [1.807, 2.05) is 0 Å². The van der Waals surface area contributed by atoms with Crippen LogP contribution in [0.2, 0.25) is 0 Å². The molecule has 0 saturated heterocycles. The number of aliphatic hydroxyl groups is 2. The lowest BCUT2D eigenvalue weighted by Crippen LogP contribution is -2.50. The van der Waals surface area contributed by atoms with Crippen LogP contribution < -0.4 is 0 Å². The third kappa shape index (κ3) is 1.92. The number of halogens is 2. The van der Waals surface area contributed by atoms with Gasteiger partial charge in [-0.1, -0.05) is 6.92 Å². The quantitative estimate of drug-likeness (QED) is 0.785. The van der Waals surface area contributed by atoms with Crippen LogP contribution in [0.25, 0.3) is 0 Å². The zero-order valence-corrected chi connectivity index (χ0v) is 15.5. The van der Waals surface area contributed by atoms with Gasteiger partial charge in [0.15, 0.2) is 5.78 Å². The highest BCUT2D eigenvalue weighted by Crippen LogP contribution is 2.73. The maximum absolute atomic E-state index is 14.2. The number of carbonyl (C=O) groups is 1. The molecule has 0 aromatic heterocycles. The lowest BCUT2D eigenvalue weighted by Gasteiger charge is -2.55. The Morgan fingerprint density at radius 2 is 1.62 bits per heavy atom. The van der Waals surface area contributed by atoms with Crippen molar-refractivity contribution in [1.82, 2.24) is 0 Å². The molecule has 0 aromatic rings. The molecule has 2 N–H and O–H groups in total. The Bertz CT molecular complexity index is 637. The van der Waals surface area contributed by atoms with Gasteiger partial charge in [0.25, 0.3) is 5.92 Å². The number of aliphatic hydroxyl groups excluding tert-OH is 1. The molecule has 0 amide bonds. The molecule has 5 fully saturated rings. The van der Waals surface area contributed by atoms with Crippen LogP contribution in [0.5, 0.6) is 0 Å². The van der Waals surface area contributed by atoms with Crippen LogP contribution in [-0.2, 0) is 4.79 Å². The number of ketones is 1. The second kappa shape index (κ2) is 5.28. The van der Waals surface area contributed by atoms with Gasteiger partial charge in [-0.05, 0) is 86.4 Å². The monoisotopic (exact) mass is 368 g/mol. The van der Waals surface area contributed by atoms with Gasteiger partial charge in [-0.2, -0.15) is 0 Å². The minimum Gasteiger partial charge on any atom is -0.389 e. The summed E-state index contributed by atoms with van der Waals surface area (Å²) in [6.07, 6.45) is 6.66. The van der Waals surface area contributed by atoms with Crippen LogP contribution in [-0.4, -0.2) is 34.1 Å². The van der Waals surface area contributed by atoms with Crippen LogP contribution in [0.15, 0.2) is 0 Å². The summed E-state index contributed by atoms with van der Waals surface area (Å²) < 4.78 is 28.4. The number of hydrogen-bond acceptors (Lipinski definition) is 3. The van der Waals surface area contributed by atoms with E-state index in [0.717, 1.165) is 44.9 Å². The van der Waals surface area contributed by atoms with Gasteiger partial charge >= 0.3 is 0 Å². The lowest BCUT2D eigenvalue weighted by atomic mass is 9.49. The van der Waals surface area contributed by atoms with E-state index < -0.39 is 17.4 Å². The topological polar surface area (TPSA) is 57.5 Å². The molecule has 0 heterocycles. The van der Waals surface area contributed by atoms with Gasteiger partial charge in [0, 0.05) is 5.92 Å². The van der Waals surface area contributed by atoms with E-state index in [9.17, 15) is 23.8 Å². The summed E-state index contributed by atoms with van der Waals surface area (Å²) in [4.78, 5) is 12.3. The molecule has 5 aliphatic rings. The van der Waals surface area contributed by atoms with Crippen LogP contribution in [0.1, 0.15) is 58.3 Å². The molecule has 0 bridgehead atoms. The number of hydrogen-bond donors (Lipinski definition) is 2. The van der Waals surface area contributed by atoms with Gasteiger partial charge in [0.05, 0.1) is 5.92 Å². The van der Waals surface area contributed by atoms with Crippen molar-refractivity contribution in [1.29, 1.82) is 0 Å². The van der Waals surface area contributed by atoms with E-state index in [2.05, 4.69) is 6.92 Å². The Hall–Kier alpha value is -0.550. The molecule has 9 atom stereocenters. The molecule has 5 rings (SSSR count). The van der Waals surface area contributed by atoms with Gasteiger partial charge in [-0.25, -0.2) is 8.78 Å². The standard InChI is InChI=1S/C21H30F2O3/c1-19-8-6-11-12-7-9-20(26)18(21(20,22)23)14(12)3-2-13(11)15(19)4-5-16(19)17(25)10-24/h11-16,18,24,26H,2-10H2,1H3/t11-,12-,13-,14+,15+,16-,18?,19+,20-/m1/s1. The number of alkyl halides is 2. The molecular formula is C21H30F2O3. The highest BCUT2D eigenvalue weighted by molar-refractivity contribution is 5.83. The minimum absolute atomic E-state index is 0.0116. The normalized spacial score (nSPS) is 56.7. The van der Waals surface area contributed by atoms with Crippen LogP contribution in [0.3, 0.4) is 0 Å². The first-order valence-electron chi connectivity index (χ1n) is 10.5. The average molecular weight is 368 g/mol. The fourth-order valence-electron chi connectivity index (χ4n) is 8.46. The Morgan fingerprint density at radius 1 is 0.962 bits per heavy atom. The first-order valence-corrected chi connectivity index (χ1v) is 10.5. The van der Waals surface area contributed by atoms with Crippen molar-refractivity contribution in [2.75, 3.05) is 6.61 Å². The summed E-state index contributed by atoms with van der Waals surface area (Å²) in [5.41, 5.74) is -1.73. The number of Topliss-reactive ketones (excluding diaryl/α,β-unsaturated/α-hetero) is 1. The predicted octanol–water partition coefficient (Wildman–Crippen LogP) is 3.42. The van der Waals surface area contributed by atoms with Crippen molar-refractivity contribution >= 4 is 5.78 Å². The van der Waals surface area contributed by atoms with E-state index in [-0.39, 0.29) is 36.1 Å². The Morgan fingerprint density at radius 3 is 2.35 bits per heavy atom. The average Bonchev–Trinajstić information content (AvgIpc) is 2.89. The molecule has 0 radical (unpaired) electrons. The van der Waals surface area contributed by atoms with Crippen LogP contribution in [0.4, 0.5) is 8.78 Å². The van der Waals surface area contributed by atoms with Crippen molar-refractivity contribution < 1.29 is 23.8 Å². The molecule has 5 aliphatic carbocycles. The molecule has 26 heavy (non-hydrogen) atoms. The SMILES string of the molecule is C[C@]12CC[C@@H]3[C@H]4CC[C@@]5(O)C([C@H]4CC[C@H]3[C@@H]1CC[C@@H]2C(=O)CO)C5(F)F. The van der Waals surface area contributed by atoms with Gasteiger partial charge in [0.2, 0.25) is 0 Å². The molecule has 0 aromatic carbocycles. The molecular weight excluding hydrogens is 338 g/mol. The Kier molecular flexibility index (Phi) is 3.56. The predicted molar refractivity (Wildman–Crippen MR) is 91.5 cm³/mol. The first-order chi connectivity index (χ1) is 12.3. The van der Waals surface area contributed by atoms with E-state index in [1.54, 1.807) is 0 Å². The largest absolute Gasteiger partial charge is 0.389 e. The van der Waals surface area contributed by atoms with E-state index in [0.29, 0.717) is 23.7 Å². The summed E-state index contributed by atoms with van der Waals surface area (Å²) in [6.45, 7) is 1.88. The van der Waals surface area contributed by atoms with E-state index in [4.69, 9.17) is 0 Å². The third-order valence-corrected chi connectivity index (χ3v) is 9.66. The summed E-state index contributed by atoms with van der Waals surface area (Å²) in [5.74, 6) is -1.92. The third-order valence-electron chi connectivity index (χ3n) is 9.66. The molecule has 0 aliphatic heterocycles. The Balaban J connectivity index is 1.39. The van der Waals surface area contributed by atoms with Gasteiger partial charge in [0.1, 0.15) is 12.2 Å². The number of carbonyl (C=O) groups excluding carboxylic acids is 1. The maximum atomic E-state index is 14.2.